The van der Waals surface area contributed by atoms with Crippen LogP contribution in [0.2, 0.25) is 10.0 Å². The Bertz CT molecular complexity index is 699. The molecule has 1 aromatic heterocycles. The van der Waals surface area contributed by atoms with Crippen LogP contribution in [0.15, 0.2) is 42.7 Å². The molecule has 25 heavy (non-hydrogen) atoms. The summed E-state index contributed by atoms with van der Waals surface area (Å²) in [4.78, 5) is 24.5. The predicted octanol–water partition coefficient (Wildman–Crippen LogP) is 3.57. The fourth-order valence-corrected chi connectivity index (χ4v) is 2.32. The number of nitrogens with zero attached hydrogens (tertiary/aromatic N) is 2. The molecule has 2 rings (SSSR count). The van der Waals surface area contributed by atoms with E-state index in [1.807, 2.05) is 42.7 Å². The minimum Gasteiger partial charge on any atom is -0.473 e. The van der Waals surface area contributed by atoms with Gasteiger partial charge in [0.1, 0.15) is 0 Å². The first-order chi connectivity index (χ1) is 11.8. The third kappa shape index (κ3) is 7.51. The lowest BCUT2D eigenvalue weighted by Gasteiger charge is -2.21. The van der Waals surface area contributed by atoms with Crippen LogP contribution in [0.25, 0.3) is 0 Å². The summed E-state index contributed by atoms with van der Waals surface area (Å²) in [6, 6.07) is 9.82. The summed E-state index contributed by atoms with van der Waals surface area (Å²) in [5, 5.41) is 16.0. The van der Waals surface area contributed by atoms with Crippen LogP contribution in [0.3, 0.4) is 0 Å². The highest BCUT2D eigenvalue weighted by Gasteiger charge is 2.09. The first-order valence-electron chi connectivity index (χ1n) is 7.35. The fraction of sp³-hybridized carbons (Fsp3) is 0.235. The molecule has 134 valence electrons. The van der Waals surface area contributed by atoms with E-state index in [4.69, 9.17) is 43.0 Å². The first kappa shape index (κ1) is 20.9. The molecule has 0 saturated heterocycles. The first-order valence-corrected chi connectivity index (χ1v) is 8.11. The summed E-state index contributed by atoms with van der Waals surface area (Å²) < 4.78 is 0. The van der Waals surface area contributed by atoms with Crippen molar-refractivity contribution in [2.75, 3.05) is 6.54 Å². The van der Waals surface area contributed by atoms with Crippen LogP contribution in [0.1, 0.15) is 18.1 Å². The second-order valence-electron chi connectivity index (χ2n) is 4.98. The molecule has 0 amide bonds. The van der Waals surface area contributed by atoms with E-state index in [0.29, 0.717) is 10.0 Å². The maximum Gasteiger partial charge on any atom is 0.414 e. The van der Waals surface area contributed by atoms with Crippen LogP contribution in [-0.4, -0.2) is 38.6 Å². The Kier molecular flexibility index (Phi) is 8.91. The van der Waals surface area contributed by atoms with Crippen molar-refractivity contribution >= 4 is 35.1 Å². The number of carboxylic acid groups (broad SMARTS) is 2. The Labute approximate surface area is 155 Å². The van der Waals surface area contributed by atoms with Gasteiger partial charge in [-0.2, -0.15) is 0 Å². The Hall–Kier alpha value is -2.15. The number of rotatable bonds is 5. The molecule has 2 N–H and O–H groups in total. The van der Waals surface area contributed by atoms with Gasteiger partial charge in [0.15, 0.2) is 0 Å². The molecule has 0 bridgehead atoms. The van der Waals surface area contributed by atoms with Crippen LogP contribution in [0.5, 0.6) is 0 Å². The Morgan fingerprint density at radius 2 is 1.64 bits per heavy atom. The Balaban J connectivity index is 0.000000450. The summed E-state index contributed by atoms with van der Waals surface area (Å²) in [6.07, 6.45) is 3.63. The van der Waals surface area contributed by atoms with E-state index in [9.17, 15) is 0 Å². The van der Waals surface area contributed by atoms with Crippen LogP contribution in [-0.2, 0) is 22.7 Å². The minimum absolute atomic E-state index is 0.610. The Morgan fingerprint density at radius 3 is 2.16 bits per heavy atom. The zero-order chi connectivity index (χ0) is 18.8. The number of pyridine rings is 1. The predicted molar refractivity (Wildman–Crippen MR) is 95.8 cm³/mol. The topological polar surface area (TPSA) is 90.7 Å². The van der Waals surface area contributed by atoms with Crippen LogP contribution >= 0.6 is 23.2 Å². The molecule has 1 aromatic carbocycles. The van der Waals surface area contributed by atoms with Gasteiger partial charge in [0.25, 0.3) is 0 Å². The molecule has 8 heteroatoms. The number of aromatic nitrogens is 1. The van der Waals surface area contributed by atoms with Gasteiger partial charge in [-0.05, 0) is 35.9 Å². The van der Waals surface area contributed by atoms with E-state index in [1.54, 1.807) is 0 Å². The second-order valence-corrected chi connectivity index (χ2v) is 5.77. The normalized spacial score (nSPS) is 10.1. The second kappa shape index (κ2) is 10.7. The average Bonchev–Trinajstić information content (AvgIpc) is 2.59. The lowest BCUT2D eigenvalue weighted by atomic mass is 10.2. The highest BCUT2D eigenvalue weighted by atomic mass is 35.5. The third-order valence-corrected chi connectivity index (χ3v) is 4.07. The monoisotopic (exact) mass is 384 g/mol. The van der Waals surface area contributed by atoms with E-state index in [0.717, 1.165) is 25.2 Å². The lowest BCUT2D eigenvalue weighted by Crippen LogP contribution is -2.22. The minimum atomic E-state index is -1.82. The van der Waals surface area contributed by atoms with Gasteiger partial charge in [-0.1, -0.05) is 42.3 Å². The largest absolute Gasteiger partial charge is 0.473 e. The molecule has 0 spiro atoms. The maximum absolute atomic E-state index is 9.10. The van der Waals surface area contributed by atoms with Gasteiger partial charge in [-0.25, -0.2) is 9.59 Å². The van der Waals surface area contributed by atoms with Crippen LogP contribution in [0, 0.1) is 0 Å². The van der Waals surface area contributed by atoms with E-state index in [1.165, 1.54) is 5.56 Å². The quantitative estimate of drug-likeness (QED) is 0.765. The number of carbonyl (C=O) groups is 2. The summed E-state index contributed by atoms with van der Waals surface area (Å²) in [5.74, 6) is -3.65. The standard InChI is InChI=1S/C15H16Cl2N2.C2H2O4/c1-2-19(10-12-6-8-18-9-7-12)11-13-4-3-5-14(16)15(13)17;3-1(4)2(5)6/h3-9H,2,10-11H2,1H3;(H,3,4)(H,5,6). The summed E-state index contributed by atoms with van der Waals surface area (Å²) in [5.41, 5.74) is 2.31. The lowest BCUT2D eigenvalue weighted by molar-refractivity contribution is -0.159. The summed E-state index contributed by atoms with van der Waals surface area (Å²) in [6.45, 7) is 4.75. The van der Waals surface area contributed by atoms with Gasteiger partial charge in [0, 0.05) is 25.5 Å². The molecule has 0 saturated carbocycles. The van der Waals surface area contributed by atoms with E-state index in [-0.39, 0.29) is 0 Å². The van der Waals surface area contributed by atoms with Gasteiger partial charge < -0.3 is 10.2 Å². The molecule has 0 aliphatic rings. The molecular weight excluding hydrogens is 367 g/mol. The smallest absolute Gasteiger partial charge is 0.414 e. The van der Waals surface area contributed by atoms with E-state index < -0.39 is 11.9 Å². The van der Waals surface area contributed by atoms with Gasteiger partial charge in [-0.15, -0.1) is 0 Å². The van der Waals surface area contributed by atoms with Crippen molar-refractivity contribution < 1.29 is 19.8 Å². The number of carboxylic acids is 2. The maximum atomic E-state index is 9.10. The van der Waals surface area contributed by atoms with Gasteiger partial charge >= 0.3 is 11.9 Å². The van der Waals surface area contributed by atoms with E-state index in [2.05, 4.69) is 16.8 Å². The third-order valence-electron chi connectivity index (χ3n) is 3.21. The van der Waals surface area contributed by atoms with Gasteiger partial charge in [-0.3, -0.25) is 9.88 Å². The van der Waals surface area contributed by atoms with Crippen molar-refractivity contribution in [3.05, 3.63) is 63.9 Å². The van der Waals surface area contributed by atoms with E-state index >= 15 is 0 Å². The molecule has 0 atom stereocenters. The number of aliphatic carboxylic acids is 2. The van der Waals surface area contributed by atoms with Crippen molar-refractivity contribution in [3.63, 3.8) is 0 Å². The SMILES string of the molecule is CCN(Cc1ccncc1)Cc1cccc(Cl)c1Cl.O=C(O)C(=O)O. The zero-order valence-corrected chi connectivity index (χ0v) is 15.0. The molecule has 1 heterocycles. The van der Waals surface area contributed by atoms with Crippen molar-refractivity contribution in [3.8, 4) is 0 Å². The van der Waals surface area contributed by atoms with Crippen LogP contribution < -0.4 is 0 Å². The van der Waals surface area contributed by atoms with Crippen molar-refractivity contribution in [2.45, 2.75) is 20.0 Å². The van der Waals surface area contributed by atoms with Gasteiger partial charge in [0.05, 0.1) is 10.0 Å². The summed E-state index contributed by atoms with van der Waals surface area (Å²) >= 11 is 12.3. The zero-order valence-electron chi connectivity index (χ0n) is 13.5. The number of hydrogen-bond donors (Lipinski definition) is 2. The molecule has 2 aromatic rings. The molecule has 6 nitrogen and oxygen atoms in total. The number of benzene rings is 1. The summed E-state index contributed by atoms with van der Waals surface area (Å²) in [7, 11) is 0. The highest BCUT2D eigenvalue weighted by molar-refractivity contribution is 6.42. The fourth-order valence-electron chi connectivity index (χ4n) is 1.94. The van der Waals surface area contributed by atoms with Crippen molar-refractivity contribution in [2.24, 2.45) is 0 Å². The van der Waals surface area contributed by atoms with Crippen LogP contribution in [0.4, 0.5) is 0 Å². The molecular formula is C17H18Cl2N2O4. The molecule has 0 unspecified atom stereocenters. The number of hydrogen-bond acceptors (Lipinski definition) is 4. The average molecular weight is 385 g/mol. The van der Waals surface area contributed by atoms with Crippen molar-refractivity contribution in [1.29, 1.82) is 0 Å². The molecule has 0 aliphatic carbocycles. The van der Waals surface area contributed by atoms with Gasteiger partial charge in [0.2, 0.25) is 0 Å². The molecule has 0 fully saturated rings. The molecule has 0 radical (unpaired) electrons. The number of halogens is 2. The highest BCUT2D eigenvalue weighted by Crippen LogP contribution is 2.26. The Morgan fingerprint density at radius 1 is 1.04 bits per heavy atom. The van der Waals surface area contributed by atoms with Crippen molar-refractivity contribution in [1.82, 2.24) is 9.88 Å². The molecule has 0 aliphatic heterocycles.